The first kappa shape index (κ1) is 13.5. The standard InChI is InChI=1S/C12H18BrNO2/c1-9(14-6-7-15-2)11-5-4-10(16-3)8-12(11)13/h4-5,8-9,14H,6-7H2,1-3H3. The maximum Gasteiger partial charge on any atom is 0.120 e. The van der Waals surface area contributed by atoms with E-state index in [0.717, 1.165) is 23.4 Å². The molecule has 0 amide bonds. The second-order valence-corrected chi connectivity index (χ2v) is 4.41. The van der Waals surface area contributed by atoms with Gasteiger partial charge in [-0.3, -0.25) is 0 Å². The average molecular weight is 288 g/mol. The Labute approximate surface area is 105 Å². The van der Waals surface area contributed by atoms with E-state index in [2.05, 4.69) is 34.2 Å². The Kier molecular flexibility index (Phi) is 5.80. The van der Waals surface area contributed by atoms with Gasteiger partial charge in [0.2, 0.25) is 0 Å². The van der Waals surface area contributed by atoms with Crippen molar-refractivity contribution in [3.05, 3.63) is 28.2 Å². The van der Waals surface area contributed by atoms with Crippen molar-refractivity contribution in [1.82, 2.24) is 5.32 Å². The molecule has 0 heterocycles. The van der Waals surface area contributed by atoms with Crippen molar-refractivity contribution < 1.29 is 9.47 Å². The third kappa shape index (κ3) is 3.77. The topological polar surface area (TPSA) is 30.5 Å². The summed E-state index contributed by atoms with van der Waals surface area (Å²) in [5.74, 6) is 0.861. The van der Waals surface area contributed by atoms with Crippen molar-refractivity contribution in [2.45, 2.75) is 13.0 Å². The molecular weight excluding hydrogens is 270 g/mol. The van der Waals surface area contributed by atoms with Gasteiger partial charge in [0.25, 0.3) is 0 Å². The summed E-state index contributed by atoms with van der Waals surface area (Å²) in [4.78, 5) is 0. The SMILES string of the molecule is COCCNC(C)c1ccc(OC)cc1Br. The summed E-state index contributed by atoms with van der Waals surface area (Å²) in [7, 11) is 3.37. The van der Waals surface area contributed by atoms with Gasteiger partial charge in [-0.05, 0) is 24.6 Å². The lowest BCUT2D eigenvalue weighted by atomic mass is 10.1. The molecule has 0 bridgehead atoms. The van der Waals surface area contributed by atoms with Crippen molar-refractivity contribution >= 4 is 15.9 Å². The van der Waals surface area contributed by atoms with Crippen molar-refractivity contribution in [3.63, 3.8) is 0 Å². The van der Waals surface area contributed by atoms with Crippen molar-refractivity contribution in [1.29, 1.82) is 0 Å². The lowest BCUT2D eigenvalue weighted by molar-refractivity contribution is 0.196. The fourth-order valence-corrected chi connectivity index (χ4v) is 2.17. The summed E-state index contributed by atoms with van der Waals surface area (Å²) in [6.07, 6.45) is 0. The largest absolute Gasteiger partial charge is 0.497 e. The molecule has 0 aliphatic carbocycles. The first-order valence-electron chi connectivity index (χ1n) is 5.24. The highest BCUT2D eigenvalue weighted by Gasteiger charge is 2.09. The van der Waals surface area contributed by atoms with Crippen LogP contribution in [0.2, 0.25) is 0 Å². The van der Waals surface area contributed by atoms with Crippen LogP contribution in [0.5, 0.6) is 5.75 Å². The molecule has 1 rings (SSSR count). The smallest absolute Gasteiger partial charge is 0.120 e. The summed E-state index contributed by atoms with van der Waals surface area (Å²) in [6.45, 7) is 3.69. The van der Waals surface area contributed by atoms with Gasteiger partial charge < -0.3 is 14.8 Å². The van der Waals surface area contributed by atoms with Crippen LogP contribution < -0.4 is 10.1 Å². The lowest BCUT2D eigenvalue weighted by Gasteiger charge is -2.16. The van der Waals surface area contributed by atoms with E-state index in [1.165, 1.54) is 5.56 Å². The second-order valence-electron chi connectivity index (χ2n) is 3.56. The molecule has 4 heteroatoms. The summed E-state index contributed by atoms with van der Waals surface area (Å²) < 4.78 is 11.2. The van der Waals surface area contributed by atoms with Crippen LogP contribution in [0.4, 0.5) is 0 Å². The number of halogens is 1. The summed E-state index contributed by atoms with van der Waals surface area (Å²) in [6, 6.07) is 6.29. The maximum atomic E-state index is 5.16. The van der Waals surface area contributed by atoms with Crippen molar-refractivity contribution in [2.75, 3.05) is 27.4 Å². The van der Waals surface area contributed by atoms with E-state index in [-0.39, 0.29) is 6.04 Å². The summed E-state index contributed by atoms with van der Waals surface area (Å²) in [5.41, 5.74) is 1.22. The predicted molar refractivity (Wildman–Crippen MR) is 69.0 cm³/mol. The number of methoxy groups -OCH3 is 2. The number of benzene rings is 1. The molecule has 0 saturated heterocycles. The van der Waals surface area contributed by atoms with E-state index in [9.17, 15) is 0 Å². The molecule has 0 aliphatic heterocycles. The van der Waals surface area contributed by atoms with E-state index >= 15 is 0 Å². The molecule has 0 fully saturated rings. The van der Waals surface area contributed by atoms with Crippen LogP contribution in [0.1, 0.15) is 18.5 Å². The van der Waals surface area contributed by atoms with E-state index in [0.29, 0.717) is 0 Å². The van der Waals surface area contributed by atoms with Gasteiger partial charge in [0.15, 0.2) is 0 Å². The molecule has 0 spiro atoms. The molecule has 1 aromatic rings. The Balaban J connectivity index is 2.64. The molecule has 1 N–H and O–H groups in total. The van der Waals surface area contributed by atoms with E-state index in [1.807, 2.05) is 12.1 Å². The zero-order valence-electron chi connectivity index (χ0n) is 9.92. The van der Waals surface area contributed by atoms with Crippen LogP contribution in [-0.4, -0.2) is 27.4 Å². The highest BCUT2D eigenvalue weighted by Crippen LogP contribution is 2.27. The molecule has 1 atom stereocenters. The van der Waals surface area contributed by atoms with Crippen LogP contribution in [0, 0.1) is 0 Å². The van der Waals surface area contributed by atoms with Crippen LogP contribution in [-0.2, 0) is 4.74 Å². The van der Waals surface area contributed by atoms with Gasteiger partial charge in [-0.15, -0.1) is 0 Å². The highest BCUT2D eigenvalue weighted by atomic mass is 79.9. The van der Waals surface area contributed by atoms with E-state index < -0.39 is 0 Å². The third-order valence-corrected chi connectivity index (χ3v) is 3.12. The first-order valence-corrected chi connectivity index (χ1v) is 6.04. The maximum absolute atomic E-state index is 5.16. The Bertz CT molecular complexity index is 331. The minimum Gasteiger partial charge on any atom is -0.497 e. The molecule has 16 heavy (non-hydrogen) atoms. The molecule has 1 aromatic carbocycles. The normalized spacial score (nSPS) is 12.5. The lowest BCUT2D eigenvalue weighted by Crippen LogP contribution is -2.23. The van der Waals surface area contributed by atoms with Gasteiger partial charge in [-0.1, -0.05) is 22.0 Å². The van der Waals surface area contributed by atoms with Crippen LogP contribution in [0.3, 0.4) is 0 Å². The Morgan fingerprint density at radius 2 is 2.12 bits per heavy atom. The van der Waals surface area contributed by atoms with Gasteiger partial charge in [0.1, 0.15) is 5.75 Å². The average Bonchev–Trinajstić information content (AvgIpc) is 2.29. The fourth-order valence-electron chi connectivity index (χ4n) is 1.47. The molecular formula is C12H18BrNO2. The number of rotatable bonds is 6. The predicted octanol–water partition coefficient (Wildman–Crippen LogP) is 2.75. The molecule has 0 aliphatic rings. The van der Waals surface area contributed by atoms with Crippen LogP contribution in [0.25, 0.3) is 0 Å². The van der Waals surface area contributed by atoms with Crippen LogP contribution in [0.15, 0.2) is 22.7 Å². The molecule has 0 aromatic heterocycles. The number of nitrogens with one attached hydrogen (secondary N) is 1. The highest BCUT2D eigenvalue weighted by molar-refractivity contribution is 9.10. The Hall–Kier alpha value is -0.580. The fraction of sp³-hybridized carbons (Fsp3) is 0.500. The second kappa shape index (κ2) is 6.89. The molecule has 3 nitrogen and oxygen atoms in total. The van der Waals surface area contributed by atoms with Crippen molar-refractivity contribution in [3.8, 4) is 5.75 Å². The molecule has 1 unspecified atom stereocenters. The minimum absolute atomic E-state index is 0.287. The van der Waals surface area contributed by atoms with Gasteiger partial charge in [0, 0.05) is 24.2 Å². The van der Waals surface area contributed by atoms with Gasteiger partial charge in [0.05, 0.1) is 13.7 Å². The molecule has 90 valence electrons. The minimum atomic E-state index is 0.287. The zero-order chi connectivity index (χ0) is 12.0. The molecule has 0 saturated carbocycles. The number of hydrogen-bond donors (Lipinski definition) is 1. The summed E-state index contributed by atoms with van der Waals surface area (Å²) >= 11 is 3.55. The van der Waals surface area contributed by atoms with Gasteiger partial charge in [-0.2, -0.15) is 0 Å². The monoisotopic (exact) mass is 287 g/mol. The first-order chi connectivity index (χ1) is 7.69. The summed E-state index contributed by atoms with van der Waals surface area (Å²) in [5, 5.41) is 3.38. The zero-order valence-corrected chi connectivity index (χ0v) is 11.5. The number of ether oxygens (including phenoxy) is 2. The van der Waals surface area contributed by atoms with Crippen molar-refractivity contribution in [2.24, 2.45) is 0 Å². The number of hydrogen-bond acceptors (Lipinski definition) is 3. The quantitative estimate of drug-likeness (QED) is 0.816. The Morgan fingerprint density at radius 1 is 1.38 bits per heavy atom. The third-order valence-electron chi connectivity index (χ3n) is 2.43. The van der Waals surface area contributed by atoms with Gasteiger partial charge >= 0.3 is 0 Å². The van der Waals surface area contributed by atoms with E-state index in [4.69, 9.17) is 9.47 Å². The van der Waals surface area contributed by atoms with E-state index in [1.54, 1.807) is 14.2 Å². The molecule has 0 radical (unpaired) electrons. The van der Waals surface area contributed by atoms with Gasteiger partial charge in [-0.25, -0.2) is 0 Å². The van der Waals surface area contributed by atoms with Crippen LogP contribution >= 0.6 is 15.9 Å². The Morgan fingerprint density at radius 3 is 2.69 bits per heavy atom.